The van der Waals surface area contributed by atoms with Crippen LogP contribution in [-0.4, -0.2) is 36.0 Å². The molecule has 2 atom stereocenters. The van der Waals surface area contributed by atoms with Crippen molar-refractivity contribution in [3.05, 3.63) is 33.1 Å². The average molecular weight is 355 g/mol. The van der Waals surface area contributed by atoms with E-state index in [1.165, 1.54) is 17.8 Å². The average Bonchev–Trinajstić information content (AvgIpc) is 2.98. The van der Waals surface area contributed by atoms with Gasteiger partial charge in [0.2, 0.25) is 0 Å². The van der Waals surface area contributed by atoms with Crippen molar-refractivity contribution in [1.82, 2.24) is 10.2 Å². The predicted octanol–water partition coefficient (Wildman–Crippen LogP) is 4.17. The maximum absolute atomic E-state index is 12.9. The number of rotatable bonds is 1. The summed E-state index contributed by atoms with van der Waals surface area (Å²) in [5, 5.41) is 5.73. The lowest BCUT2D eigenvalue weighted by Gasteiger charge is -2.23. The fourth-order valence-corrected chi connectivity index (χ4v) is 5.20. The standard InChI is InChI=1S/C16H16Cl2N2OS/c17-9-1-4-12-13(7-9)22-15(14(12)18)16(21)20-6-5-10-2-3-11(8-20)19-10/h1,4,7,10-11,19H,2-3,5-6,8H2. The number of hydrogen-bond acceptors (Lipinski definition) is 3. The van der Waals surface area contributed by atoms with Gasteiger partial charge in [-0.25, -0.2) is 0 Å². The number of amides is 1. The molecule has 1 aromatic carbocycles. The number of carbonyl (C=O) groups excluding carboxylic acids is 1. The smallest absolute Gasteiger partial charge is 0.265 e. The van der Waals surface area contributed by atoms with E-state index in [0.717, 1.165) is 36.0 Å². The summed E-state index contributed by atoms with van der Waals surface area (Å²) < 4.78 is 0.968. The highest BCUT2D eigenvalue weighted by molar-refractivity contribution is 7.21. The molecule has 1 aromatic heterocycles. The summed E-state index contributed by atoms with van der Waals surface area (Å²) in [6.07, 6.45) is 3.41. The highest BCUT2D eigenvalue weighted by atomic mass is 35.5. The minimum Gasteiger partial charge on any atom is -0.336 e. The number of hydrogen-bond donors (Lipinski definition) is 1. The minimum atomic E-state index is 0.0525. The molecule has 2 saturated heterocycles. The first-order valence-electron chi connectivity index (χ1n) is 7.54. The van der Waals surface area contributed by atoms with E-state index in [-0.39, 0.29) is 5.91 Å². The zero-order valence-corrected chi connectivity index (χ0v) is 14.3. The first-order chi connectivity index (χ1) is 10.6. The van der Waals surface area contributed by atoms with E-state index in [2.05, 4.69) is 5.32 Å². The second-order valence-corrected chi connectivity index (χ2v) is 7.93. The lowest BCUT2D eigenvalue weighted by atomic mass is 10.1. The third kappa shape index (κ3) is 2.52. The summed E-state index contributed by atoms with van der Waals surface area (Å²) in [5.41, 5.74) is 0. The van der Waals surface area contributed by atoms with Gasteiger partial charge in [-0.05, 0) is 31.4 Å². The van der Waals surface area contributed by atoms with Gasteiger partial charge in [0.15, 0.2) is 0 Å². The molecule has 0 radical (unpaired) electrons. The summed E-state index contributed by atoms with van der Waals surface area (Å²) >= 11 is 13.9. The first-order valence-corrected chi connectivity index (χ1v) is 9.12. The van der Waals surface area contributed by atoms with Gasteiger partial charge in [0.1, 0.15) is 4.88 Å². The van der Waals surface area contributed by atoms with Gasteiger partial charge in [-0.2, -0.15) is 0 Å². The molecule has 3 heterocycles. The number of thiophene rings is 1. The van der Waals surface area contributed by atoms with Crippen LogP contribution < -0.4 is 5.32 Å². The molecule has 2 unspecified atom stereocenters. The van der Waals surface area contributed by atoms with Gasteiger partial charge >= 0.3 is 0 Å². The fourth-order valence-electron chi connectivity index (χ4n) is 3.45. The van der Waals surface area contributed by atoms with E-state index in [1.807, 2.05) is 23.1 Å². The van der Waals surface area contributed by atoms with Crippen molar-refractivity contribution in [3.8, 4) is 0 Å². The quantitative estimate of drug-likeness (QED) is 0.833. The Bertz CT molecular complexity index is 745. The van der Waals surface area contributed by atoms with Crippen LogP contribution in [0.3, 0.4) is 0 Å². The van der Waals surface area contributed by atoms with E-state index in [4.69, 9.17) is 23.2 Å². The number of likely N-dealkylation sites (tertiary alicyclic amines) is 1. The SMILES string of the molecule is O=C(c1sc2cc(Cl)ccc2c1Cl)N1CCC2CCC(C1)N2. The van der Waals surface area contributed by atoms with E-state index in [1.54, 1.807) is 0 Å². The molecule has 2 fully saturated rings. The molecular weight excluding hydrogens is 339 g/mol. The molecular formula is C16H16Cl2N2OS. The van der Waals surface area contributed by atoms with Crippen molar-refractivity contribution in [3.63, 3.8) is 0 Å². The number of benzene rings is 1. The summed E-state index contributed by atoms with van der Waals surface area (Å²) in [7, 11) is 0. The van der Waals surface area contributed by atoms with Crippen LogP contribution in [0.1, 0.15) is 28.9 Å². The van der Waals surface area contributed by atoms with Gasteiger partial charge in [-0.15, -0.1) is 11.3 Å². The number of halogens is 2. The molecule has 6 heteroatoms. The largest absolute Gasteiger partial charge is 0.336 e. The highest BCUT2D eigenvalue weighted by Crippen LogP contribution is 2.37. The Kier molecular flexibility index (Phi) is 3.81. The van der Waals surface area contributed by atoms with Crippen LogP contribution in [0.25, 0.3) is 10.1 Å². The van der Waals surface area contributed by atoms with Gasteiger partial charge in [0.05, 0.1) is 5.02 Å². The Morgan fingerprint density at radius 3 is 2.91 bits per heavy atom. The molecule has 2 aliphatic rings. The van der Waals surface area contributed by atoms with Gasteiger partial charge in [-0.3, -0.25) is 4.79 Å². The lowest BCUT2D eigenvalue weighted by molar-refractivity contribution is 0.0753. The Morgan fingerprint density at radius 1 is 1.23 bits per heavy atom. The predicted molar refractivity (Wildman–Crippen MR) is 92.3 cm³/mol. The van der Waals surface area contributed by atoms with Crippen LogP contribution in [0.15, 0.2) is 18.2 Å². The summed E-state index contributed by atoms with van der Waals surface area (Å²) in [6.45, 7) is 1.58. The third-order valence-corrected chi connectivity index (χ3v) is 6.48. The Balaban J connectivity index is 1.66. The fraction of sp³-hybridized carbons (Fsp3) is 0.438. The Labute approximate surface area is 143 Å². The van der Waals surface area contributed by atoms with Gasteiger partial charge in [-0.1, -0.05) is 29.3 Å². The molecule has 0 spiro atoms. The van der Waals surface area contributed by atoms with E-state index >= 15 is 0 Å². The third-order valence-electron chi connectivity index (χ3n) is 4.60. The molecule has 2 bridgehead atoms. The molecule has 0 aliphatic carbocycles. The van der Waals surface area contributed by atoms with Crippen LogP contribution in [-0.2, 0) is 0 Å². The second kappa shape index (κ2) is 5.68. The van der Waals surface area contributed by atoms with Gasteiger partial charge in [0.25, 0.3) is 5.91 Å². The summed E-state index contributed by atoms with van der Waals surface area (Å²) in [5.74, 6) is 0.0525. The van der Waals surface area contributed by atoms with Crippen LogP contribution in [0, 0.1) is 0 Å². The normalized spacial score (nSPS) is 24.7. The first kappa shape index (κ1) is 14.8. The summed E-state index contributed by atoms with van der Waals surface area (Å²) in [6, 6.07) is 6.57. The van der Waals surface area contributed by atoms with Crippen molar-refractivity contribution >= 4 is 50.5 Å². The molecule has 22 heavy (non-hydrogen) atoms. The van der Waals surface area contributed by atoms with Gasteiger partial charge in [0, 0.05) is 40.3 Å². The number of fused-ring (bicyclic) bond motifs is 3. The van der Waals surface area contributed by atoms with Crippen molar-refractivity contribution < 1.29 is 4.79 Å². The second-order valence-electron chi connectivity index (χ2n) is 6.06. The summed E-state index contributed by atoms with van der Waals surface area (Å²) in [4.78, 5) is 15.5. The van der Waals surface area contributed by atoms with Gasteiger partial charge < -0.3 is 10.2 Å². The van der Waals surface area contributed by atoms with E-state index < -0.39 is 0 Å². The molecule has 2 aliphatic heterocycles. The van der Waals surface area contributed by atoms with E-state index in [0.29, 0.717) is 27.0 Å². The zero-order chi connectivity index (χ0) is 15.3. The van der Waals surface area contributed by atoms with Crippen molar-refractivity contribution in [2.75, 3.05) is 13.1 Å². The van der Waals surface area contributed by atoms with Crippen molar-refractivity contribution in [2.45, 2.75) is 31.3 Å². The molecule has 116 valence electrons. The van der Waals surface area contributed by atoms with E-state index in [9.17, 15) is 4.79 Å². The van der Waals surface area contributed by atoms with Crippen LogP contribution in [0.2, 0.25) is 10.0 Å². The molecule has 3 nitrogen and oxygen atoms in total. The minimum absolute atomic E-state index is 0.0525. The van der Waals surface area contributed by atoms with Crippen LogP contribution in [0.5, 0.6) is 0 Å². The molecule has 4 rings (SSSR count). The van der Waals surface area contributed by atoms with Crippen molar-refractivity contribution in [1.29, 1.82) is 0 Å². The highest BCUT2D eigenvalue weighted by Gasteiger charge is 2.32. The molecule has 1 N–H and O–H groups in total. The molecule has 0 saturated carbocycles. The Hall–Kier alpha value is -0.810. The number of nitrogens with one attached hydrogen (secondary N) is 1. The van der Waals surface area contributed by atoms with Crippen molar-refractivity contribution in [2.24, 2.45) is 0 Å². The monoisotopic (exact) mass is 354 g/mol. The van der Waals surface area contributed by atoms with Crippen LogP contribution >= 0.6 is 34.5 Å². The lowest BCUT2D eigenvalue weighted by Crippen LogP contribution is -2.38. The molecule has 2 aromatic rings. The topological polar surface area (TPSA) is 32.3 Å². The maximum Gasteiger partial charge on any atom is 0.265 e. The number of nitrogens with zero attached hydrogens (tertiary/aromatic N) is 1. The maximum atomic E-state index is 12.9. The number of carbonyl (C=O) groups is 1. The van der Waals surface area contributed by atoms with Crippen LogP contribution in [0.4, 0.5) is 0 Å². The molecule has 1 amide bonds. The Morgan fingerprint density at radius 2 is 2.05 bits per heavy atom. The zero-order valence-electron chi connectivity index (χ0n) is 11.9.